The van der Waals surface area contributed by atoms with Gasteiger partial charge in [-0.25, -0.2) is 14.6 Å². The monoisotopic (exact) mass is 582 g/mol. The molecule has 0 spiro atoms. The number of hydrogen-bond acceptors (Lipinski definition) is 5. The summed E-state index contributed by atoms with van der Waals surface area (Å²) in [7, 11) is 5.55. The molecular weight excluding hydrogens is 555 g/mol. The lowest BCUT2D eigenvalue weighted by Crippen LogP contribution is -2.43. The quantitative estimate of drug-likeness (QED) is 0.220. The van der Waals surface area contributed by atoms with E-state index in [4.69, 9.17) is 32.9 Å². The van der Waals surface area contributed by atoms with Gasteiger partial charge in [0, 0.05) is 41.8 Å². The second-order valence-electron chi connectivity index (χ2n) is 9.84. The molecule has 0 aliphatic carbocycles. The predicted octanol–water partition coefficient (Wildman–Crippen LogP) is 6.57. The topological polar surface area (TPSA) is 69.8 Å². The first-order chi connectivity index (χ1) is 19.9. The van der Waals surface area contributed by atoms with Gasteiger partial charge in [0.2, 0.25) is 5.88 Å². The molecule has 0 radical (unpaired) electrons. The number of fused-ring (bicyclic) bond motifs is 1. The van der Waals surface area contributed by atoms with Crippen molar-refractivity contribution < 1.29 is 4.74 Å². The van der Waals surface area contributed by atoms with E-state index in [0.29, 0.717) is 22.3 Å². The zero-order valence-corrected chi connectivity index (χ0v) is 24.4. The molecule has 0 amide bonds. The van der Waals surface area contributed by atoms with Crippen molar-refractivity contribution in [2.75, 3.05) is 14.2 Å². The molecule has 0 aliphatic rings. The lowest BCUT2D eigenvalue weighted by molar-refractivity contribution is 0.395. The molecule has 41 heavy (non-hydrogen) atoms. The molecule has 206 valence electrons. The van der Waals surface area contributed by atoms with Crippen LogP contribution in [0.4, 0.5) is 0 Å². The van der Waals surface area contributed by atoms with Gasteiger partial charge in [-0.2, -0.15) is 5.10 Å². The molecule has 0 saturated carbocycles. The molecule has 0 aliphatic heterocycles. The minimum absolute atomic E-state index is 0.510. The highest BCUT2D eigenvalue weighted by Gasteiger charge is 2.38. The van der Waals surface area contributed by atoms with Crippen LogP contribution in [0.5, 0.6) is 5.88 Å². The van der Waals surface area contributed by atoms with Crippen molar-refractivity contribution in [3.8, 4) is 11.6 Å². The molecule has 3 aromatic carbocycles. The molecular formula is C32H28Cl2N6O. The highest BCUT2D eigenvalue weighted by Crippen LogP contribution is 2.40. The molecule has 6 rings (SSSR count). The molecule has 9 heteroatoms. The minimum Gasteiger partial charge on any atom is -0.481 e. The van der Waals surface area contributed by atoms with Crippen molar-refractivity contribution in [1.82, 2.24) is 29.6 Å². The number of hydrogen-bond donors (Lipinski definition) is 1. The van der Waals surface area contributed by atoms with Gasteiger partial charge in [-0.05, 0) is 66.2 Å². The fraction of sp³-hybridized carbons (Fsp3) is 0.156. The van der Waals surface area contributed by atoms with Gasteiger partial charge in [0.05, 0.1) is 41.6 Å². The van der Waals surface area contributed by atoms with Crippen LogP contribution in [-0.2, 0) is 19.0 Å². The third kappa shape index (κ3) is 4.76. The second kappa shape index (κ2) is 11.0. The third-order valence-corrected chi connectivity index (χ3v) is 8.23. The number of nitrogens with one attached hydrogen (secondary N) is 1. The lowest BCUT2D eigenvalue weighted by atomic mass is 9.79. The van der Waals surface area contributed by atoms with Gasteiger partial charge < -0.3 is 14.6 Å². The molecule has 0 fully saturated rings. The summed E-state index contributed by atoms with van der Waals surface area (Å²) in [4.78, 5) is 9.27. The molecule has 3 heterocycles. The van der Waals surface area contributed by atoms with Gasteiger partial charge in [0.1, 0.15) is 5.54 Å². The lowest BCUT2D eigenvalue weighted by Gasteiger charge is -2.35. The van der Waals surface area contributed by atoms with Crippen LogP contribution >= 0.6 is 23.2 Å². The van der Waals surface area contributed by atoms with E-state index < -0.39 is 5.54 Å². The number of aromatic nitrogens is 5. The number of rotatable bonds is 8. The average molecular weight is 584 g/mol. The summed E-state index contributed by atoms with van der Waals surface area (Å²) in [6, 6.07) is 24.1. The van der Waals surface area contributed by atoms with Crippen molar-refractivity contribution in [2.45, 2.75) is 12.0 Å². The highest BCUT2D eigenvalue weighted by atomic mass is 35.5. The molecule has 0 saturated heterocycles. The van der Waals surface area contributed by atoms with Crippen LogP contribution in [-0.4, -0.2) is 38.5 Å². The van der Waals surface area contributed by atoms with Crippen LogP contribution in [0, 0.1) is 0 Å². The molecule has 6 aromatic rings. The molecule has 7 nitrogen and oxygen atoms in total. The number of aryl methyl sites for hydroxylation is 1. The van der Waals surface area contributed by atoms with Crippen molar-refractivity contribution in [1.29, 1.82) is 0 Å². The van der Waals surface area contributed by atoms with E-state index in [1.807, 2.05) is 84.3 Å². The predicted molar refractivity (Wildman–Crippen MR) is 163 cm³/mol. The third-order valence-electron chi connectivity index (χ3n) is 7.54. The fourth-order valence-electron chi connectivity index (χ4n) is 5.49. The van der Waals surface area contributed by atoms with Crippen LogP contribution in [0.3, 0.4) is 0 Å². The standard InChI is InChI=1S/C32H28Cl2N6O/c1-35-32(29-19-36-20-39(29)2,22-7-10-24(33)11-8-22)23-9-14-28-26(18-23)30(34)27(31(38-28)41-3)17-21-5-12-25(13-6-21)40-16-4-15-37-40/h4-16,18-20,35H,17H2,1-3H3. The minimum atomic E-state index is -0.726. The Labute approximate surface area is 248 Å². The summed E-state index contributed by atoms with van der Waals surface area (Å²) >= 11 is 13.5. The van der Waals surface area contributed by atoms with E-state index in [1.54, 1.807) is 19.6 Å². The Hall–Kier alpha value is -4.17. The summed E-state index contributed by atoms with van der Waals surface area (Å²) in [5.74, 6) is 0.510. The maximum atomic E-state index is 7.19. The normalized spacial score (nSPS) is 12.9. The van der Waals surface area contributed by atoms with Crippen LogP contribution in [0.15, 0.2) is 97.7 Å². The SMILES string of the molecule is CNC(c1ccc(Cl)cc1)(c1ccc2nc(OC)c(Cc3ccc(-n4cccn4)cc3)c(Cl)c2c1)c1cncn1C. The molecule has 1 atom stereocenters. The Morgan fingerprint density at radius 2 is 1.73 bits per heavy atom. The Balaban J connectivity index is 1.48. The maximum absolute atomic E-state index is 7.19. The van der Waals surface area contributed by atoms with Crippen LogP contribution < -0.4 is 10.1 Å². The number of imidazole rings is 1. The van der Waals surface area contributed by atoms with E-state index in [1.165, 1.54) is 0 Å². The van der Waals surface area contributed by atoms with Gasteiger partial charge in [-0.1, -0.05) is 53.5 Å². The Bertz CT molecular complexity index is 1810. The number of pyridine rings is 1. The Morgan fingerprint density at radius 3 is 2.37 bits per heavy atom. The smallest absolute Gasteiger partial charge is 0.218 e. The van der Waals surface area contributed by atoms with Crippen LogP contribution in [0.1, 0.15) is 27.9 Å². The second-order valence-corrected chi connectivity index (χ2v) is 10.7. The Morgan fingerprint density at radius 1 is 0.976 bits per heavy atom. The van der Waals surface area contributed by atoms with Gasteiger partial charge in [-0.3, -0.25) is 0 Å². The van der Waals surface area contributed by atoms with E-state index in [-0.39, 0.29) is 0 Å². The number of halogens is 2. The molecule has 1 N–H and O–H groups in total. The summed E-state index contributed by atoms with van der Waals surface area (Å²) in [6.45, 7) is 0. The largest absolute Gasteiger partial charge is 0.481 e. The summed E-state index contributed by atoms with van der Waals surface area (Å²) in [5.41, 5.74) is 5.89. The van der Waals surface area contributed by atoms with Gasteiger partial charge in [-0.15, -0.1) is 0 Å². The summed E-state index contributed by atoms with van der Waals surface area (Å²) < 4.78 is 9.56. The Kier molecular flexibility index (Phi) is 7.26. The van der Waals surface area contributed by atoms with Crippen LogP contribution in [0.2, 0.25) is 10.0 Å². The fourth-order valence-corrected chi connectivity index (χ4v) is 5.91. The van der Waals surface area contributed by atoms with Gasteiger partial charge in [0.15, 0.2) is 0 Å². The number of ether oxygens (including phenoxy) is 1. The van der Waals surface area contributed by atoms with Gasteiger partial charge in [0.25, 0.3) is 0 Å². The zero-order chi connectivity index (χ0) is 28.6. The van der Waals surface area contributed by atoms with E-state index in [2.05, 4.69) is 39.7 Å². The number of benzene rings is 3. The number of methoxy groups -OCH3 is 1. The molecule has 1 unspecified atom stereocenters. The highest BCUT2D eigenvalue weighted by molar-refractivity contribution is 6.36. The molecule has 0 bridgehead atoms. The van der Waals surface area contributed by atoms with Gasteiger partial charge >= 0.3 is 0 Å². The summed E-state index contributed by atoms with van der Waals surface area (Å²) in [5, 5.41) is 10.0. The first-order valence-corrected chi connectivity index (χ1v) is 13.9. The first kappa shape index (κ1) is 27.0. The zero-order valence-electron chi connectivity index (χ0n) is 22.8. The first-order valence-electron chi connectivity index (χ1n) is 13.1. The van der Waals surface area contributed by atoms with E-state index in [0.717, 1.165) is 44.5 Å². The van der Waals surface area contributed by atoms with E-state index >= 15 is 0 Å². The molecule has 3 aromatic heterocycles. The van der Waals surface area contributed by atoms with E-state index in [9.17, 15) is 0 Å². The maximum Gasteiger partial charge on any atom is 0.218 e. The van der Waals surface area contributed by atoms with Crippen LogP contribution in [0.25, 0.3) is 16.6 Å². The van der Waals surface area contributed by atoms with Crippen molar-refractivity contribution >= 4 is 34.1 Å². The number of nitrogens with zero attached hydrogens (tertiary/aromatic N) is 5. The van der Waals surface area contributed by atoms with Crippen molar-refractivity contribution in [3.63, 3.8) is 0 Å². The summed E-state index contributed by atoms with van der Waals surface area (Å²) in [6.07, 6.45) is 7.91. The van der Waals surface area contributed by atoms with Crippen molar-refractivity contribution in [3.05, 3.63) is 136 Å². The average Bonchev–Trinajstić information content (AvgIpc) is 3.69. The van der Waals surface area contributed by atoms with Crippen molar-refractivity contribution in [2.24, 2.45) is 7.05 Å².